The number of rotatable bonds is 7. The molecule has 0 radical (unpaired) electrons. The van der Waals surface area contributed by atoms with E-state index in [-0.39, 0.29) is 5.60 Å². The van der Waals surface area contributed by atoms with Gasteiger partial charge in [-0.3, -0.25) is 0 Å². The van der Waals surface area contributed by atoms with Crippen LogP contribution in [0.3, 0.4) is 0 Å². The van der Waals surface area contributed by atoms with Gasteiger partial charge in [0, 0.05) is 11.5 Å². The van der Waals surface area contributed by atoms with E-state index in [1.165, 1.54) is 49.7 Å². The lowest BCUT2D eigenvalue weighted by molar-refractivity contribution is -0.0147. The molecule has 3 rings (SSSR count). The maximum atomic E-state index is 6.59. The van der Waals surface area contributed by atoms with E-state index in [0.29, 0.717) is 18.4 Å². The molecule has 1 heterocycles. The van der Waals surface area contributed by atoms with Crippen molar-refractivity contribution in [3.05, 3.63) is 35.9 Å². The SMILES string of the molecule is C=CCOc1cc(CCCCC)cc2c1C1CC(C)CCC1C(C)(C)O2.CC. The van der Waals surface area contributed by atoms with Crippen molar-refractivity contribution in [2.75, 3.05) is 6.61 Å². The van der Waals surface area contributed by atoms with Gasteiger partial charge < -0.3 is 9.47 Å². The normalized spacial score (nSPS) is 24.7. The number of benzene rings is 1. The average Bonchev–Trinajstić information content (AvgIpc) is 2.67. The Morgan fingerprint density at radius 1 is 1.21 bits per heavy atom. The zero-order valence-electron chi connectivity index (χ0n) is 19.1. The first-order chi connectivity index (χ1) is 13.5. The molecule has 0 spiro atoms. The first kappa shape index (κ1) is 22.8. The fraction of sp³-hybridized carbons (Fsp3) is 0.692. The molecule has 2 nitrogen and oxygen atoms in total. The van der Waals surface area contributed by atoms with Gasteiger partial charge in [0.1, 0.15) is 23.7 Å². The van der Waals surface area contributed by atoms with Crippen molar-refractivity contribution in [3.8, 4) is 11.5 Å². The van der Waals surface area contributed by atoms with E-state index < -0.39 is 0 Å². The van der Waals surface area contributed by atoms with Crippen molar-refractivity contribution in [1.29, 1.82) is 0 Å². The maximum absolute atomic E-state index is 6.59. The summed E-state index contributed by atoms with van der Waals surface area (Å²) in [6.45, 7) is 17.6. The van der Waals surface area contributed by atoms with Crippen molar-refractivity contribution < 1.29 is 9.47 Å². The molecular weight excluding hydrogens is 344 g/mol. The third-order valence-electron chi connectivity index (χ3n) is 6.34. The Hall–Kier alpha value is -1.44. The van der Waals surface area contributed by atoms with Crippen molar-refractivity contribution in [2.24, 2.45) is 11.8 Å². The summed E-state index contributed by atoms with van der Waals surface area (Å²) in [7, 11) is 0. The second kappa shape index (κ2) is 10.4. The zero-order chi connectivity index (χ0) is 20.7. The summed E-state index contributed by atoms with van der Waals surface area (Å²) < 4.78 is 12.7. The summed E-state index contributed by atoms with van der Waals surface area (Å²) in [5.74, 6) is 3.99. The van der Waals surface area contributed by atoms with Gasteiger partial charge in [0.15, 0.2) is 0 Å². The van der Waals surface area contributed by atoms with Crippen LogP contribution in [0.15, 0.2) is 24.8 Å². The van der Waals surface area contributed by atoms with Gasteiger partial charge in [-0.2, -0.15) is 0 Å². The van der Waals surface area contributed by atoms with Crippen LogP contribution < -0.4 is 9.47 Å². The number of fused-ring (bicyclic) bond motifs is 3. The molecule has 0 N–H and O–H groups in total. The predicted octanol–water partition coefficient (Wildman–Crippen LogP) is 7.70. The zero-order valence-corrected chi connectivity index (χ0v) is 19.1. The van der Waals surface area contributed by atoms with Crippen LogP contribution in [-0.2, 0) is 6.42 Å². The van der Waals surface area contributed by atoms with E-state index >= 15 is 0 Å². The van der Waals surface area contributed by atoms with E-state index in [0.717, 1.165) is 23.8 Å². The highest BCUT2D eigenvalue weighted by Gasteiger charge is 2.47. The quantitative estimate of drug-likeness (QED) is 0.353. The van der Waals surface area contributed by atoms with Gasteiger partial charge in [0.2, 0.25) is 0 Å². The Kier molecular flexibility index (Phi) is 8.46. The molecule has 28 heavy (non-hydrogen) atoms. The lowest BCUT2D eigenvalue weighted by Crippen LogP contribution is -2.46. The largest absolute Gasteiger partial charge is 0.489 e. The highest BCUT2D eigenvalue weighted by molar-refractivity contribution is 5.52. The maximum Gasteiger partial charge on any atom is 0.127 e. The second-order valence-corrected chi connectivity index (χ2v) is 8.90. The molecule has 1 aliphatic heterocycles. The Bertz CT molecular complexity index is 632. The number of ether oxygens (including phenoxy) is 2. The van der Waals surface area contributed by atoms with Crippen LogP contribution in [0.4, 0.5) is 0 Å². The molecule has 1 saturated carbocycles. The van der Waals surface area contributed by atoms with Crippen LogP contribution >= 0.6 is 0 Å². The molecule has 0 bridgehead atoms. The molecule has 1 fully saturated rings. The Morgan fingerprint density at radius 2 is 1.96 bits per heavy atom. The van der Waals surface area contributed by atoms with Gasteiger partial charge in [-0.05, 0) is 69.1 Å². The molecule has 0 amide bonds. The van der Waals surface area contributed by atoms with Gasteiger partial charge in [-0.1, -0.05) is 59.6 Å². The molecule has 0 aromatic heterocycles. The summed E-state index contributed by atoms with van der Waals surface area (Å²) >= 11 is 0. The van der Waals surface area contributed by atoms with Crippen LogP contribution in [0.25, 0.3) is 0 Å². The van der Waals surface area contributed by atoms with Crippen molar-refractivity contribution in [3.63, 3.8) is 0 Å². The fourth-order valence-corrected chi connectivity index (χ4v) is 4.99. The molecule has 1 aromatic carbocycles. The lowest BCUT2D eigenvalue weighted by Gasteiger charge is -2.49. The van der Waals surface area contributed by atoms with Crippen molar-refractivity contribution in [1.82, 2.24) is 0 Å². The molecule has 1 aromatic rings. The van der Waals surface area contributed by atoms with Gasteiger partial charge in [0.05, 0.1) is 0 Å². The topological polar surface area (TPSA) is 18.5 Å². The van der Waals surface area contributed by atoms with Crippen molar-refractivity contribution >= 4 is 0 Å². The first-order valence-corrected chi connectivity index (χ1v) is 11.6. The molecule has 2 heteroatoms. The lowest BCUT2D eigenvalue weighted by atomic mass is 9.64. The van der Waals surface area contributed by atoms with Gasteiger partial charge in [0.25, 0.3) is 0 Å². The summed E-state index contributed by atoms with van der Waals surface area (Å²) in [5.41, 5.74) is 2.56. The molecule has 0 saturated heterocycles. The molecule has 3 unspecified atom stereocenters. The third-order valence-corrected chi connectivity index (χ3v) is 6.34. The van der Waals surface area contributed by atoms with Crippen LogP contribution in [-0.4, -0.2) is 12.2 Å². The standard InChI is InChI=1S/C24H36O2.C2H6/c1-6-8-9-10-18-15-21(25-13-7-2)23-19-14-17(3)11-12-20(19)24(4,5)26-22(23)16-18;1-2/h7,15-17,19-20H,2,6,8-14H2,1,3-5H3;1-2H3. The average molecular weight is 387 g/mol. The minimum Gasteiger partial charge on any atom is -0.489 e. The van der Waals surface area contributed by atoms with Crippen LogP contribution in [0.1, 0.15) is 97.1 Å². The van der Waals surface area contributed by atoms with E-state index in [2.05, 4.69) is 46.4 Å². The van der Waals surface area contributed by atoms with E-state index in [1.807, 2.05) is 19.9 Å². The Balaban J connectivity index is 0.00000136. The van der Waals surface area contributed by atoms with Gasteiger partial charge in [-0.25, -0.2) is 0 Å². The molecular formula is C26H42O2. The summed E-state index contributed by atoms with van der Waals surface area (Å²) in [6, 6.07) is 4.57. The monoisotopic (exact) mass is 386 g/mol. The highest BCUT2D eigenvalue weighted by Crippen LogP contribution is 2.55. The third kappa shape index (κ3) is 5.13. The van der Waals surface area contributed by atoms with Crippen LogP contribution in [0.2, 0.25) is 0 Å². The van der Waals surface area contributed by atoms with Crippen LogP contribution in [0, 0.1) is 11.8 Å². The van der Waals surface area contributed by atoms with Gasteiger partial charge in [-0.15, -0.1) is 0 Å². The molecule has 158 valence electrons. The Morgan fingerprint density at radius 3 is 2.64 bits per heavy atom. The number of aryl methyl sites for hydroxylation is 1. The first-order valence-electron chi connectivity index (χ1n) is 11.6. The van der Waals surface area contributed by atoms with Gasteiger partial charge >= 0.3 is 0 Å². The van der Waals surface area contributed by atoms with E-state index in [9.17, 15) is 0 Å². The van der Waals surface area contributed by atoms with Crippen LogP contribution in [0.5, 0.6) is 11.5 Å². The van der Waals surface area contributed by atoms with E-state index in [4.69, 9.17) is 9.47 Å². The second-order valence-electron chi connectivity index (χ2n) is 8.90. The number of hydrogen-bond acceptors (Lipinski definition) is 2. The Labute approximate surface area is 173 Å². The summed E-state index contributed by atoms with van der Waals surface area (Å²) in [4.78, 5) is 0. The fourth-order valence-electron chi connectivity index (χ4n) is 4.99. The predicted molar refractivity (Wildman–Crippen MR) is 121 cm³/mol. The molecule has 1 aliphatic carbocycles. The summed E-state index contributed by atoms with van der Waals surface area (Å²) in [5, 5.41) is 0. The minimum atomic E-state index is -0.102. The smallest absolute Gasteiger partial charge is 0.127 e. The summed E-state index contributed by atoms with van der Waals surface area (Å²) in [6.07, 6.45) is 10.5. The number of unbranched alkanes of at least 4 members (excludes halogenated alkanes) is 2. The molecule has 2 aliphatic rings. The molecule has 3 atom stereocenters. The minimum absolute atomic E-state index is 0.102. The highest BCUT2D eigenvalue weighted by atomic mass is 16.5. The number of hydrogen-bond donors (Lipinski definition) is 0. The van der Waals surface area contributed by atoms with Crippen molar-refractivity contribution in [2.45, 2.75) is 98.0 Å². The van der Waals surface area contributed by atoms with E-state index in [1.54, 1.807) is 0 Å².